The molecule has 152 valence electrons. The fourth-order valence-corrected chi connectivity index (χ4v) is 3.94. The monoisotopic (exact) mass is 390 g/mol. The standard InChI is InChI=1S/C21H27FN2O4/c22-15-9-5-13(6-10-15)3-1-2-4-18(25)23-16-11-27-20-17(12-28-19(16)20)24-21(26)14-7-8-14/h5-6,9-10,14,16-17,19-20H,1-4,7-8,11-12H2,(H,23,25)(H,24,26). The zero-order valence-corrected chi connectivity index (χ0v) is 15.9. The van der Waals surface area contributed by atoms with E-state index in [2.05, 4.69) is 10.6 Å². The maximum Gasteiger partial charge on any atom is 0.223 e. The van der Waals surface area contributed by atoms with Gasteiger partial charge in [0.2, 0.25) is 11.8 Å². The van der Waals surface area contributed by atoms with Gasteiger partial charge in [-0.05, 0) is 49.8 Å². The lowest BCUT2D eigenvalue weighted by molar-refractivity contribution is -0.123. The zero-order chi connectivity index (χ0) is 19.5. The van der Waals surface area contributed by atoms with Crippen molar-refractivity contribution in [1.29, 1.82) is 0 Å². The first-order valence-corrected chi connectivity index (χ1v) is 10.2. The first kappa shape index (κ1) is 19.3. The second-order valence-electron chi connectivity index (χ2n) is 7.99. The Morgan fingerprint density at radius 1 is 0.964 bits per heavy atom. The smallest absolute Gasteiger partial charge is 0.223 e. The molecule has 2 N–H and O–H groups in total. The maximum absolute atomic E-state index is 12.9. The van der Waals surface area contributed by atoms with Crippen molar-refractivity contribution in [3.8, 4) is 0 Å². The van der Waals surface area contributed by atoms with Crippen LogP contribution in [-0.4, -0.2) is 49.3 Å². The summed E-state index contributed by atoms with van der Waals surface area (Å²) in [6.45, 7) is 0.838. The zero-order valence-electron chi connectivity index (χ0n) is 15.9. The van der Waals surface area contributed by atoms with E-state index in [4.69, 9.17) is 9.47 Å². The van der Waals surface area contributed by atoms with E-state index in [0.717, 1.165) is 37.7 Å². The molecule has 6 nitrogen and oxygen atoms in total. The fourth-order valence-electron chi connectivity index (χ4n) is 3.94. The van der Waals surface area contributed by atoms with Crippen LogP contribution in [0.5, 0.6) is 0 Å². The number of hydrogen-bond donors (Lipinski definition) is 2. The highest BCUT2D eigenvalue weighted by molar-refractivity contribution is 5.81. The summed E-state index contributed by atoms with van der Waals surface area (Å²) in [5, 5.41) is 6.04. The third kappa shape index (κ3) is 4.70. The molecule has 1 saturated carbocycles. The van der Waals surface area contributed by atoms with Crippen LogP contribution in [0.25, 0.3) is 0 Å². The van der Waals surface area contributed by atoms with Crippen LogP contribution in [0.3, 0.4) is 0 Å². The number of aryl methyl sites for hydroxylation is 1. The van der Waals surface area contributed by atoms with Crippen LogP contribution in [0.4, 0.5) is 4.39 Å². The third-order valence-electron chi connectivity index (χ3n) is 5.71. The summed E-state index contributed by atoms with van der Waals surface area (Å²) in [5.41, 5.74) is 1.08. The van der Waals surface area contributed by atoms with Gasteiger partial charge >= 0.3 is 0 Å². The van der Waals surface area contributed by atoms with Crippen LogP contribution in [0.15, 0.2) is 24.3 Å². The van der Waals surface area contributed by atoms with E-state index in [0.29, 0.717) is 19.6 Å². The molecule has 1 aliphatic carbocycles. The van der Waals surface area contributed by atoms with Crippen LogP contribution in [0, 0.1) is 11.7 Å². The Balaban J connectivity index is 1.16. The number of hydrogen-bond acceptors (Lipinski definition) is 4. The van der Waals surface area contributed by atoms with Crippen molar-refractivity contribution in [2.24, 2.45) is 5.92 Å². The van der Waals surface area contributed by atoms with Gasteiger partial charge in [-0.3, -0.25) is 9.59 Å². The Hall–Kier alpha value is -1.99. The van der Waals surface area contributed by atoms with Crippen LogP contribution in [0.2, 0.25) is 0 Å². The van der Waals surface area contributed by atoms with Gasteiger partial charge in [-0.25, -0.2) is 4.39 Å². The van der Waals surface area contributed by atoms with E-state index in [1.807, 2.05) is 0 Å². The molecule has 3 fully saturated rings. The highest BCUT2D eigenvalue weighted by atomic mass is 19.1. The molecule has 0 aromatic heterocycles. The van der Waals surface area contributed by atoms with Gasteiger partial charge in [0, 0.05) is 12.3 Å². The average molecular weight is 390 g/mol. The van der Waals surface area contributed by atoms with Crippen LogP contribution >= 0.6 is 0 Å². The quantitative estimate of drug-likeness (QED) is 0.663. The molecule has 28 heavy (non-hydrogen) atoms. The molecule has 2 aliphatic heterocycles. The van der Waals surface area contributed by atoms with Crippen molar-refractivity contribution in [2.75, 3.05) is 13.2 Å². The van der Waals surface area contributed by atoms with Gasteiger partial charge in [0.05, 0.1) is 25.3 Å². The van der Waals surface area contributed by atoms with E-state index < -0.39 is 0 Å². The summed E-state index contributed by atoms with van der Waals surface area (Å²) in [5.74, 6) is 0.00321. The molecule has 0 spiro atoms. The Kier molecular flexibility index (Phi) is 5.92. The van der Waals surface area contributed by atoms with Gasteiger partial charge in [-0.1, -0.05) is 12.1 Å². The van der Waals surface area contributed by atoms with Gasteiger partial charge in [-0.15, -0.1) is 0 Å². The van der Waals surface area contributed by atoms with Crippen molar-refractivity contribution in [1.82, 2.24) is 10.6 Å². The summed E-state index contributed by atoms with van der Waals surface area (Å²) >= 11 is 0. The lowest BCUT2D eigenvalue weighted by Crippen LogP contribution is -2.47. The molecule has 4 rings (SSSR count). The number of nitrogens with one attached hydrogen (secondary N) is 2. The number of halogens is 1. The van der Waals surface area contributed by atoms with Crippen LogP contribution in [-0.2, 0) is 25.5 Å². The molecule has 7 heteroatoms. The van der Waals surface area contributed by atoms with E-state index in [-0.39, 0.29) is 47.8 Å². The fraction of sp³-hybridized carbons (Fsp3) is 0.619. The lowest BCUT2D eigenvalue weighted by atomic mass is 10.0. The lowest BCUT2D eigenvalue weighted by Gasteiger charge is -2.18. The highest BCUT2D eigenvalue weighted by Crippen LogP contribution is 2.31. The maximum atomic E-state index is 12.9. The Bertz CT molecular complexity index is 707. The van der Waals surface area contributed by atoms with Gasteiger partial charge < -0.3 is 20.1 Å². The summed E-state index contributed by atoms with van der Waals surface area (Å²) < 4.78 is 24.5. The normalized spacial score (nSPS) is 28.8. The average Bonchev–Trinajstić information content (AvgIpc) is 3.36. The topological polar surface area (TPSA) is 76.7 Å². The molecule has 0 radical (unpaired) electrons. The number of rotatable bonds is 8. The molecule has 1 aromatic rings. The molecule has 2 saturated heterocycles. The van der Waals surface area contributed by atoms with E-state index in [1.54, 1.807) is 12.1 Å². The molecular formula is C21H27FN2O4. The van der Waals surface area contributed by atoms with Gasteiger partial charge in [0.25, 0.3) is 0 Å². The third-order valence-corrected chi connectivity index (χ3v) is 5.71. The summed E-state index contributed by atoms with van der Waals surface area (Å²) in [6.07, 6.45) is 4.46. The van der Waals surface area contributed by atoms with E-state index in [1.165, 1.54) is 12.1 Å². The van der Waals surface area contributed by atoms with Crippen molar-refractivity contribution in [3.63, 3.8) is 0 Å². The number of amides is 2. The number of carbonyl (C=O) groups is 2. The Morgan fingerprint density at radius 3 is 2.25 bits per heavy atom. The predicted octanol–water partition coefficient (Wildman–Crippen LogP) is 1.72. The molecular weight excluding hydrogens is 363 g/mol. The molecule has 1 aromatic carbocycles. The summed E-state index contributed by atoms with van der Waals surface area (Å²) in [4.78, 5) is 24.2. The van der Waals surface area contributed by atoms with E-state index in [9.17, 15) is 14.0 Å². The number of carbonyl (C=O) groups excluding carboxylic acids is 2. The number of fused-ring (bicyclic) bond motifs is 1. The molecule has 4 unspecified atom stereocenters. The van der Waals surface area contributed by atoms with Crippen molar-refractivity contribution in [2.45, 2.75) is 62.8 Å². The van der Waals surface area contributed by atoms with Gasteiger partial charge in [0.1, 0.15) is 18.0 Å². The number of ether oxygens (including phenoxy) is 2. The van der Waals surface area contributed by atoms with Crippen LogP contribution in [0.1, 0.15) is 37.7 Å². The molecule has 3 aliphatic rings. The molecule has 2 amide bonds. The number of unbranched alkanes of at least 4 members (excludes halogenated alkanes) is 1. The SMILES string of the molecule is O=C(CCCCc1ccc(F)cc1)NC1COC2C(NC(=O)C3CC3)COC12. The van der Waals surface area contributed by atoms with Crippen molar-refractivity contribution in [3.05, 3.63) is 35.6 Å². The Labute approximate surface area is 164 Å². The van der Waals surface area contributed by atoms with Crippen molar-refractivity contribution < 1.29 is 23.5 Å². The van der Waals surface area contributed by atoms with Crippen LogP contribution < -0.4 is 10.6 Å². The summed E-state index contributed by atoms with van der Waals surface area (Å²) in [7, 11) is 0. The molecule has 0 bridgehead atoms. The largest absolute Gasteiger partial charge is 0.371 e. The second-order valence-corrected chi connectivity index (χ2v) is 7.99. The summed E-state index contributed by atoms with van der Waals surface area (Å²) in [6, 6.07) is 6.18. The molecule has 2 heterocycles. The van der Waals surface area contributed by atoms with Gasteiger partial charge in [-0.2, -0.15) is 0 Å². The number of benzene rings is 1. The Morgan fingerprint density at radius 2 is 1.61 bits per heavy atom. The first-order valence-electron chi connectivity index (χ1n) is 10.2. The van der Waals surface area contributed by atoms with Crippen molar-refractivity contribution >= 4 is 11.8 Å². The predicted molar refractivity (Wildman–Crippen MR) is 100 cm³/mol. The second kappa shape index (κ2) is 8.57. The highest BCUT2D eigenvalue weighted by Gasteiger charge is 2.49. The van der Waals surface area contributed by atoms with Gasteiger partial charge in [0.15, 0.2) is 0 Å². The first-order chi connectivity index (χ1) is 13.6. The minimum Gasteiger partial charge on any atom is -0.371 e. The minimum atomic E-state index is -0.233. The van der Waals surface area contributed by atoms with E-state index >= 15 is 0 Å². The minimum absolute atomic E-state index is 0.0116. The molecule has 4 atom stereocenters.